The summed E-state index contributed by atoms with van der Waals surface area (Å²) in [4.78, 5) is 16.6. The van der Waals surface area contributed by atoms with Crippen LogP contribution in [0, 0.1) is 6.92 Å². The Morgan fingerprint density at radius 1 is 1.38 bits per heavy atom. The maximum atomic E-state index is 12.3. The molecule has 1 amide bonds. The second kappa shape index (κ2) is 7.33. The Balaban J connectivity index is 2.06. The van der Waals surface area contributed by atoms with Crippen molar-refractivity contribution in [1.29, 1.82) is 0 Å². The minimum atomic E-state index is -0.123. The average Bonchev–Trinajstić information content (AvgIpc) is 2.95. The number of nitrogens with two attached hydrogens (primary N) is 1. The smallest absolute Gasteiger partial charge is 0.271 e. The number of aromatic nitrogens is 1. The van der Waals surface area contributed by atoms with Crippen LogP contribution in [-0.4, -0.2) is 17.4 Å². The number of thiazole rings is 1. The minimum absolute atomic E-state index is 0.0118. The molecule has 2 rings (SSSR count). The van der Waals surface area contributed by atoms with Crippen molar-refractivity contribution in [1.82, 2.24) is 10.3 Å². The normalized spacial score (nSPS) is 12.1. The van der Waals surface area contributed by atoms with E-state index in [-0.39, 0.29) is 11.9 Å². The number of rotatable bonds is 6. The van der Waals surface area contributed by atoms with Gasteiger partial charge in [-0.3, -0.25) is 4.79 Å². The maximum Gasteiger partial charge on any atom is 0.271 e. The monoisotopic (exact) mass is 303 g/mol. The van der Waals surface area contributed by atoms with Crippen molar-refractivity contribution >= 4 is 17.2 Å². The fourth-order valence-corrected chi connectivity index (χ4v) is 2.90. The maximum absolute atomic E-state index is 12.3. The molecule has 0 fully saturated rings. The number of benzene rings is 1. The molecule has 0 saturated carbocycles. The molecule has 21 heavy (non-hydrogen) atoms. The molecule has 2 aromatic rings. The molecule has 0 aliphatic rings. The third-order valence-electron chi connectivity index (χ3n) is 3.34. The number of hydrogen-bond donors (Lipinski definition) is 2. The summed E-state index contributed by atoms with van der Waals surface area (Å²) in [7, 11) is 0. The summed E-state index contributed by atoms with van der Waals surface area (Å²) in [6.45, 7) is 4.67. The van der Waals surface area contributed by atoms with Crippen molar-refractivity contribution in [3.05, 3.63) is 51.5 Å². The Morgan fingerprint density at radius 2 is 2.10 bits per heavy atom. The van der Waals surface area contributed by atoms with Gasteiger partial charge in [-0.1, -0.05) is 36.8 Å². The third-order valence-corrected chi connectivity index (χ3v) is 4.24. The van der Waals surface area contributed by atoms with Gasteiger partial charge in [-0.15, -0.1) is 11.3 Å². The van der Waals surface area contributed by atoms with Crippen molar-refractivity contribution in [2.45, 2.75) is 32.7 Å². The molecule has 1 heterocycles. The first kappa shape index (κ1) is 15.7. The lowest BCUT2D eigenvalue weighted by Crippen LogP contribution is -2.28. The summed E-state index contributed by atoms with van der Waals surface area (Å²) in [5, 5.41) is 5.75. The van der Waals surface area contributed by atoms with Gasteiger partial charge in [0.05, 0.1) is 11.0 Å². The molecule has 112 valence electrons. The topological polar surface area (TPSA) is 68.0 Å². The van der Waals surface area contributed by atoms with Crippen molar-refractivity contribution in [2.24, 2.45) is 5.73 Å². The van der Waals surface area contributed by atoms with Crippen LogP contribution in [0.5, 0.6) is 0 Å². The number of hydrogen-bond acceptors (Lipinski definition) is 4. The highest BCUT2D eigenvalue weighted by atomic mass is 32.1. The van der Waals surface area contributed by atoms with Crippen LogP contribution in [0.3, 0.4) is 0 Å². The van der Waals surface area contributed by atoms with E-state index in [1.807, 2.05) is 0 Å². The molecule has 1 unspecified atom stereocenters. The van der Waals surface area contributed by atoms with Crippen molar-refractivity contribution in [3.8, 4) is 0 Å². The molecule has 0 aliphatic carbocycles. The molecule has 0 aliphatic heterocycles. The lowest BCUT2D eigenvalue weighted by molar-refractivity contribution is 0.0931. The van der Waals surface area contributed by atoms with Gasteiger partial charge < -0.3 is 11.1 Å². The molecular weight excluding hydrogens is 282 g/mol. The van der Waals surface area contributed by atoms with E-state index in [0.29, 0.717) is 18.7 Å². The highest BCUT2D eigenvalue weighted by molar-refractivity contribution is 7.09. The minimum Gasteiger partial charge on any atom is -0.344 e. The van der Waals surface area contributed by atoms with E-state index in [1.54, 1.807) is 5.38 Å². The predicted molar refractivity (Wildman–Crippen MR) is 86.5 cm³/mol. The van der Waals surface area contributed by atoms with Crippen molar-refractivity contribution in [3.63, 3.8) is 0 Å². The number of nitrogens with one attached hydrogen (secondary N) is 1. The van der Waals surface area contributed by atoms with E-state index in [4.69, 9.17) is 5.73 Å². The first-order valence-corrected chi connectivity index (χ1v) is 8.04. The Kier molecular flexibility index (Phi) is 5.47. The van der Waals surface area contributed by atoms with Gasteiger partial charge in [-0.05, 0) is 25.5 Å². The van der Waals surface area contributed by atoms with Crippen LogP contribution >= 0.6 is 11.3 Å². The van der Waals surface area contributed by atoms with Crippen LogP contribution in [-0.2, 0) is 6.42 Å². The highest BCUT2D eigenvalue weighted by Crippen LogP contribution is 2.18. The van der Waals surface area contributed by atoms with Gasteiger partial charge in [0.25, 0.3) is 5.91 Å². The van der Waals surface area contributed by atoms with E-state index in [2.05, 4.69) is 48.4 Å². The third kappa shape index (κ3) is 4.12. The zero-order valence-corrected chi connectivity index (χ0v) is 13.2. The highest BCUT2D eigenvalue weighted by Gasteiger charge is 2.16. The van der Waals surface area contributed by atoms with Crippen LogP contribution in [0.25, 0.3) is 0 Å². The van der Waals surface area contributed by atoms with Gasteiger partial charge >= 0.3 is 0 Å². The first-order valence-electron chi connectivity index (χ1n) is 7.16. The van der Waals surface area contributed by atoms with Gasteiger partial charge in [0.1, 0.15) is 5.69 Å². The summed E-state index contributed by atoms with van der Waals surface area (Å²) in [6.07, 6.45) is 1.56. The van der Waals surface area contributed by atoms with E-state index in [1.165, 1.54) is 16.9 Å². The standard InChI is InChI=1S/C16H21N3OS/c1-3-13(12-6-4-11(2)5-7-12)19-16(20)14-10-21-15(18-14)8-9-17/h4-7,10,13H,3,8-9,17H2,1-2H3,(H,19,20). The van der Waals surface area contributed by atoms with E-state index in [0.717, 1.165) is 17.0 Å². The Morgan fingerprint density at radius 3 is 2.71 bits per heavy atom. The first-order chi connectivity index (χ1) is 10.1. The summed E-state index contributed by atoms with van der Waals surface area (Å²) in [5.41, 5.74) is 8.32. The van der Waals surface area contributed by atoms with E-state index in [9.17, 15) is 4.79 Å². The van der Waals surface area contributed by atoms with Gasteiger partial charge in [-0.25, -0.2) is 4.98 Å². The number of amides is 1. The van der Waals surface area contributed by atoms with Crippen LogP contribution in [0.4, 0.5) is 0 Å². The second-order valence-electron chi connectivity index (χ2n) is 5.01. The number of carbonyl (C=O) groups is 1. The lowest BCUT2D eigenvalue weighted by Gasteiger charge is -2.17. The SMILES string of the molecule is CCC(NC(=O)c1csc(CCN)n1)c1ccc(C)cc1. The fourth-order valence-electron chi connectivity index (χ4n) is 2.11. The van der Waals surface area contributed by atoms with E-state index >= 15 is 0 Å². The largest absolute Gasteiger partial charge is 0.344 e. The number of nitrogens with zero attached hydrogens (tertiary/aromatic N) is 1. The summed E-state index contributed by atoms with van der Waals surface area (Å²) < 4.78 is 0. The second-order valence-corrected chi connectivity index (χ2v) is 5.95. The quantitative estimate of drug-likeness (QED) is 0.862. The van der Waals surface area contributed by atoms with Gasteiger partial charge in [-0.2, -0.15) is 0 Å². The van der Waals surface area contributed by atoms with Gasteiger partial charge in [0.2, 0.25) is 0 Å². The van der Waals surface area contributed by atoms with Crippen molar-refractivity contribution < 1.29 is 4.79 Å². The number of carbonyl (C=O) groups excluding carboxylic acids is 1. The molecule has 5 heteroatoms. The van der Waals surface area contributed by atoms with Crippen LogP contribution in [0.2, 0.25) is 0 Å². The molecule has 0 saturated heterocycles. The molecule has 3 N–H and O–H groups in total. The zero-order valence-electron chi connectivity index (χ0n) is 12.4. The van der Waals surface area contributed by atoms with E-state index < -0.39 is 0 Å². The zero-order chi connectivity index (χ0) is 15.2. The Labute approximate surface area is 129 Å². The Hall–Kier alpha value is -1.72. The summed E-state index contributed by atoms with van der Waals surface area (Å²) >= 11 is 1.48. The van der Waals surface area contributed by atoms with Crippen LogP contribution in [0.1, 0.15) is 46.0 Å². The molecule has 0 spiro atoms. The molecule has 1 aromatic carbocycles. The summed E-state index contributed by atoms with van der Waals surface area (Å²) in [5.74, 6) is -0.123. The summed E-state index contributed by atoms with van der Waals surface area (Å²) in [6, 6.07) is 8.26. The molecular formula is C16H21N3OS. The fraction of sp³-hybridized carbons (Fsp3) is 0.375. The molecule has 4 nitrogen and oxygen atoms in total. The Bertz CT molecular complexity index is 592. The predicted octanol–water partition coefficient (Wildman–Crippen LogP) is 2.83. The van der Waals surface area contributed by atoms with Crippen LogP contribution < -0.4 is 11.1 Å². The lowest BCUT2D eigenvalue weighted by atomic mass is 10.0. The molecule has 0 bridgehead atoms. The van der Waals surface area contributed by atoms with Gasteiger partial charge in [0, 0.05) is 11.8 Å². The molecule has 0 radical (unpaired) electrons. The van der Waals surface area contributed by atoms with Crippen LogP contribution in [0.15, 0.2) is 29.6 Å². The molecule has 1 aromatic heterocycles. The average molecular weight is 303 g/mol. The van der Waals surface area contributed by atoms with Crippen molar-refractivity contribution in [2.75, 3.05) is 6.54 Å². The molecule has 1 atom stereocenters. The number of aryl methyl sites for hydroxylation is 1. The van der Waals surface area contributed by atoms with Gasteiger partial charge in [0.15, 0.2) is 0 Å².